The Bertz CT molecular complexity index is 1010. The highest BCUT2D eigenvalue weighted by molar-refractivity contribution is 7.91. The number of aromatic nitrogens is 3. The van der Waals surface area contributed by atoms with Crippen LogP contribution in [0.5, 0.6) is 0 Å². The van der Waals surface area contributed by atoms with Gasteiger partial charge in [-0.15, -0.1) is 11.3 Å². The molecule has 1 N–H and O–H groups in total. The molecule has 0 aliphatic rings. The Balaban J connectivity index is 1.50. The second kappa shape index (κ2) is 8.45. The molecule has 2 aromatic heterocycles. The Morgan fingerprint density at radius 1 is 1.26 bits per heavy atom. The zero-order chi connectivity index (χ0) is 19.3. The number of benzene rings is 1. The topological polar surface area (TPSA) is 94.0 Å². The van der Waals surface area contributed by atoms with E-state index in [4.69, 9.17) is 0 Å². The minimum atomic E-state index is -3.47. The minimum Gasteiger partial charge on any atom is -0.323 e. The summed E-state index contributed by atoms with van der Waals surface area (Å²) >= 11 is 1.61. The Morgan fingerprint density at radius 3 is 2.74 bits per heavy atom. The Hall–Kier alpha value is -2.52. The first-order valence-electron chi connectivity index (χ1n) is 8.43. The van der Waals surface area contributed by atoms with Crippen LogP contribution < -0.4 is 5.32 Å². The van der Waals surface area contributed by atoms with Crippen molar-refractivity contribution in [2.24, 2.45) is 0 Å². The van der Waals surface area contributed by atoms with E-state index in [-0.39, 0.29) is 23.0 Å². The fourth-order valence-corrected chi connectivity index (χ4v) is 4.56. The number of thiazole rings is 1. The summed E-state index contributed by atoms with van der Waals surface area (Å²) in [6, 6.07) is 8.13. The first kappa shape index (κ1) is 19.2. The summed E-state index contributed by atoms with van der Waals surface area (Å²) < 4.78 is 26.2. The highest BCUT2D eigenvalue weighted by Gasteiger charge is 2.16. The van der Waals surface area contributed by atoms with Crippen LogP contribution in [0, 0.1) is 6.92 Å². The van der Waals surface area contributed by atoms with E-state index in [9.17, 15) is 13.2 Å². The van der Waals surface area contributed by atoms with Gasteiger partial charge in [0.05, 0.1) is 33.7 Å². The fraction of sp³-hybridized carbons (Fsp3) is 0.278. The third-order valence-electron chi connectivity index (χ3n) is 4.03. The van der Waals surface area contributed by atoms with Crippen molar-refractivity contribution >= 4 is 32.8 Å². The predicted molar refractivity (Wildman–Crippen MR) is 105 cm³/mol. The van der Waals surface area contributed by atoms with Crippen molar-refractivity contribution in [1.29, 1.82) is 0 Å². The van der Waals surface area contributed by atoms with E-state index in [1.807, 2.05) is 12.4 Å². The van der Waals surface area contributed by atoms with Crippen LogP contribution in [0.2, 0.25) is 0 Å². The lowest BCUT2D eigenvalue weighted by molar-refractivity contribution is -0.115. The van der Waals surface area contributed by atoms with Gasteiger partial charge in [0.1, 0.15) is 0 Å². The van der Waals surface area contributed by atoms with Gasteiger partial charge in [0.2, 0.25) is 5.91 Å². The van der Waals surface area contributed by atoms with E-state index in [1.165, 1.54) is 17.0 Å². The molecule has 3 aromatic rings. The molecule has 0 bridgehead atoms. The molecule has 0 saturated carbocycles. The summed E-state index contributed by atoms with van der Waals surface area (Å²) in [7, 11) is -3.47. The zero-order valence-corrected chi connectivity index (χ0v) is 16.5. The molecule has 0 unspecified atom stereocenters. The molecule has 2 heterocycles. The lowest BCUT2D eigenvalue weighted by atomic mass is 10.3. The maximum atomic E-state index is 12.2. The first-order chi connectivity index (χ1) is 12.9. The minimum absolute atomic E-state index is 0.109. The van der Waals surface area contributed by atoms with Gasteiger partial charge in [-0.25, -0.2) is 13.4 Å². The number of anilines is 1. The van der Waals surface area contributed by atoms with Gasteiger partial charge in [-0.1, -0.05) is 18.2 Å². The monoisotopic (exact) mass is 404 g/mol. The molecule has 0 atom stereocenters. The van der Waals surface area contributed by atoms with Crippen LogP contribution in [0.15, 0.2) is 53.1 Å². The van der Waals surface area contributed by atoms with Crippen molar-refractivity contribution < 1.29 is 13.2 Å². The van der Waals surface area contributed by atoms with Crippen LogP contribution in [-0.4, -0.2) is 34.8 Å². The number of hydrogen-bond donors (Lipinski definition) is 1. The molecular weight excluding hydrogens is 384 g/mol. The smallest absolute Gasteiger partial charge is 0.225 e. The zero-order valence-electron chi connectivity index (χ0n) is 14.8. The van der Waals surface area contributed by atoms with Crippen molar-refractivity contribution in [3.05, 3.63) is 58.8 Å². The third-order valence-corrected chi connectivity index (χ3v) is 6.76. The van der Waals surface area contributed by atoms with Gasteiger partial charge in [-0.2, -0.15) is 5.10 Å². The second-order valence-corrected chi connectivity index (χ2v) is 9.08. The van der Waals surface area contributed by atoms with Gasteiger partial charge >= 0.3 is 0 Å². The molecule has 0 fully saturated rings. The number of carbonyl (C=O) groups is 1. The van der Waals surface area contributed by atoms with Crippen LogP contribution in [0.1, 0.15) is 17.0 Å². The summed E-state index contributed by atoms with van der Waals surface area (Å²) in [5, 5.41) is 6.92. The average molecular weight is 405 g/mol. The molecule has 0 aliphatic heterocycles. The molecule has 1 amide bonds. The van der Waals surface area contributed by atoms with Gasteiger partial charge in [-0.05, 0) is 19.1 Å². The number of hydrogen-bond acceptors (Lipinski definition) is 6. The molecule has 0 radical (unpaired) electrons. The number of amides is 1. The summed E-state index contributed by atoms with van der Waals surface area (Å²) in [5.74, 6) is -0.589. The van der Waals surface area contributed by atoms with Crippen molar-refractivity contribution in [1.82, 2.24) is 14.8 Å². The normalized spacial score (nSPS) is 11.4. The average Bonchev–Trinajstić information content (AvgIpc) is 3.28. The molecule has 7 nitrogen and oxygen atoms in total. The standard InChI is InChI=1S/C18H20N4O3S2/c1-14-17(26-13-19-14)7-9-22-12-15(11-20-22)21-18(23)8-10-27(24,25)16-5-3-2-4-6-16/h2-6,11-13H,7-10H2,1H3,(H,21,23). The lowest BCUT2D eigenvalue weighted by Crippen LogP contribution is -2.17. The molecule has 27 heavy (non-hydrogen) atoms. The van der Waals surface area contributed by atoms with Crippen LogP contribution in [-0.2, 0) is 27.6 Å². The molecule has 0 saturated heterocycles. The van der Waals surface area contributed by atoms with Gasteiger partial charge in [0.15, 0.2) is 9.84 Å². The van der Waals surface area contributed by atoms with Crippen LogP contribution >= 0.6 is 11.3 Å². The predicted octanol–water partition coefficient (Wildman–Crippen LogP) is 2.69. The van der Waals surface area contributed by atoms with Gasteiger partial charge in [0, 0.05) is 30.5 Å². The molecule has 0 aliphatic carbocycles. The summed E-state index contributed by atoms with van der Waals surface area (Å²) in [4.78, 5) is 17.7. The number of nitrogens with one attached hydrogen (secondary N) is 1. The SMILES string of the molecule is Cc1ncsc1CCn1cc(NC(=O)CCS(=O)(=O)c2ccccc2)cn1. The molecule has 9 heteroatoms. The lowest BCUT2D eigenvalue weighted by Gasteiger charge is -2.05. The molecule has 1 aromatic carbocycles. The van der Waals surface area contributed by atoms with Crippen molar-refractivity contribution in [2.75, 3.05) is 11.1 Å². The van der Waals surface area contributed by atoms with Gasteiger partial charge in [0.25, 0.3) is 0 Å². The maximum absolute atomic E-state index is 12.2. The largest absolute Gasteiger partial charge is 0.323 e. The van der Waals surface area contributed by atoms with Crippen molar-refractivity contribution in [3.8, 4) is 0 Å². The third kappa shape index (κ3) is 5.24. The fourth-order valence-electron chi connectivity index (χ4n) is 2.53. The summed E-state index contributed by atoms with van der Waals surface area (Å²) in [5.41, 5.74) is 3.40. The van der Waals surface area contributed by atoms with Crippen molar-refractivity contribution in [2.45, 2.75) is 31.2 Å². The quantitative estimate of drug-likeness (QED) is 0.623. The van der Waals surface area contributed by atoms with E-state index in [2.05, 4.69) is 15.4 Å². The van der Waals surface area contributed by atoms with E-state index in [1.54, 1.807) is 46.6 Å². The van der Waals surface area contributed by atoms with E-state index in [0.29, 0.717) is 12.2 Å². The van der Waals surface area contributed by atoms with E-state index < -0.39 is 9.84 Å². The number of carbonyl (C=O) groups excluding carboxylic acids is 1. The number of sulfone groups is 1. The highest BCUT2D eigenvalue weighted by Crippen LogP contribution is 2.15. The Kier molecular flexibility index (Phi) is 6.02. The first-order valence-corrected chi connectivity index (χ1v) is 11.0. The van der Waals surface area contributed by atoms with Crippen LogP contribution in [0.3, 0.4) is 0 Å². The summed E-state index contributed by atoms with van der Waals surface area (Å²) in [6.07, 6.45) is 4.01. The van der Waals surface area contributed by atoms with Crippen molar-refractivity contribution in [3.63, 3.8) is 0 Å². The van der Waals surface area contributed by atoms with Gasteiger partial charge < -0.3 is 5.32 Å². The maximum Gasteiger partial charge on any atom is 0.225 e. The molecular formula is C18H20N4O3S2. The van der Waals surface area contributed by atoms with E-state index >= 15 is 0 Å². The Labute approximate surface area is 162 Å². The molecule has 3 rings (SSSR count). The van der Waals surface area contributed by atoms with Crippen LogP contribution in [0.25, 0.3) is 0 Å². The number of aryl methyl sites for hydroxylation is 3. The molecule has 142 valence electrons. The highest BCUT2D eigenvalue weighted by atomic mass is 32.2. The van der Waals surface area contributed by atoms with Gasteiger partial charge in [-0.3, -0.25) is 9.48 Å². The van der Waals surface area contributed by atoms with Crippen LogP contribution in [0.4, 0.5) is 5.69 Å². The Morgan fingerprint density at radius 2 is 2.04 bits per heavy atom. The number of rotatable bonds is 8. The van der Waals surface area contributed by atoms with E-state index in [0.717, 1.165) is 12.1 Å². The summed E-state index contributed by atoms with van der Waals surface area (Å²) in [6.45, 7) is 2.66. The number of nitrogens with zero attached hydrogens (tertiary/aromatic N) is 3. The second-order valence-electron chi connectivity index (χ2n) is 6.03. The molecule has 0 spiro atoms.